The van der Waals surface area contributed by atoms with E-state index in [-0.39, 0.29) is 0 Å². The normalized spacial score (nSPS) is 12.2. The van der Waals surface area contributed by atoms with Crippen molar-refractivity contribution in [2.24, 2.45) is 0 Å². The summed E-state index contributed by atoms with van der Waals surface area (Å²) in [5.74, 6) is 4.82. The summed E-state index contributed by atoms with van der Waals surface area (Å²) in [5, 5.41) is 6.61. The highest BCUT2D eigenvalue weighted by atomic mass is 32.2. The zero-order chi connectivity index (χ0) is 12.7. The van der Waals surface area contributed by atoms with Gasteiger partial charge in [0.2, 0.25) is 0 Å². The van der Waals surface area contributed by atoms with Gasteiger partial charge in [0.1, 0.15) is 17.5 Å². The summed E-state index contributed by atoms with van der Waals surface area (Å²) in [7, 11) is 0. The fourth-order valence-corrected chi connectivity index (χ4v) is 2.17. The van der Waals surface area contributed by atoms with Crippen molar-refractivity contribution in [1.82, 2.24) is 9.97 Å². The van der Waals surface area contributed by atoms with Crippen molar-refractivity contribution in [3.8, 4) is 0 Å². The summed E-state index contributed by atoms with van der Waals surface area (Å²) in [4.78, 5) is 8.72. The molecule has 0 bridgehead atoms. The van der Waals surface area contributed by atoms with Crippen molar-refractivity contribution in [3.05, 3.63) is 11.9 Å². The molecule has 2 N–H and O–H groups in total. The van der Waals surface area contributed by atoms with Gasteiger partial charge in [-0.25, -0.2) is 9.97 Å². The van der Waals surface area contributed by atoms with Crippen LogP contribution in [0.3, 0.4) is 0 Å². The van der Waals surface area contributed by atoms with Gasteiger partial charge >= 0.3 is 0 Å². The van der Waals surface area contributed by atoms with Crippen LogP contribution in [0.1, 0.15) is 26.6 Å². The average molecular weight is 254 g/mol. The second-order valence-electron chi connectivity index (χ2n) is 3.92. The van der Waals surface area contributed by atoms with Gasteiger partial charge in [-0.3, -0.25) is 0 Å². The fourth-order valence-electron chi connectivity index (χ4n) is 1.50. The van der Waals surface area contributed by atoms with E-state index in [0.717, 1.165) is 35.5 Å². The van der Waals surface area contributed by atoms with Crippen LogP contribution in [-0.4, -0.2) is 34.1 Å². The summed E-state index contributed by atoms with van der Waals surface area (Å²) < 4.78 is 0. The van der Waals surface area contributed by atoms with Gasteiger partial charge < -0.3 is 10.6 Å². The first-order valence-electron chi connectivity index (χ1n) is 6.09. The number of aryl methyl sites for hydroxylation is 1. The molecule has 96 valence electrons. The predicted molar refractivity (Wildman–Crippen MR) is 77.0 cm³/mol. The van der Waals surface area contributed by atoms with Gasteiger partial charge in [-0.15, -0.1) is 0 Å². The van der Waals surface area contributed by atoms with Crippen LogP contribution in [0.5, 0.6) is 0 Å². The van der Waals surface area contributed by atoms with Crippen molar-refractivity contribution < 1.29 is 0 Å². The SMILES string of the molecule is CCNc1cc(NC(C)CSCC)nc(C)n1. The van der Waals surface area contributed by atoms with Crippen molar-refractivity contribution >= 4 is 23.4 Å². The lowest BCUT2D eigenvalue weighted by Crippen LogP contribution is -2.19. The van der Waals surface area contributed by atoms with Gasteiger partial charge in [0.25, 0.3) is 0 Å². The lowest BCUT2D eigenvalue weighted by molar-refractivity contribution is 0.892. The zero-order valence-corrected chi connectivity index (χ0v) is 11.9. The van der Waals surface area contributed by atoms with E-state index >= 15 is 0 Å². The predicted octanol–water partition coefficient (Wildman–Crippen LogP) is 2.77. The van der Waals surface area contributed by atoms with Crippen LogP contribution in [0.2, 0.25) is 0 Å². The molecule has 0 saturated heterocycles. The summed E-state index contributed by atoms with van der Waals surface area (Å²) in [5.41, 5.74) is 0. The molecule has 5 heteroatoms. The summed E-state index contributed by atoms with van der Waals surface area (Å²) in [6, 6.07) is 2.38. The molecule has 0 aromatic carbocycles. The van der Waals surface area contributed by atoms with Crippen molar-refractivity contribution in [2.45, 2.75) is 33.7 Å². The minimum atomic E-state index is 0.420. The minimum absolute atomic E-state index is 0.420. The van der Waals surface area contributed by atoms with Gasteiger partial charge in [0, 0.05) is 24.4 Å². The Hall–Kier alpha value is -0.970. The molecule has 1 unspecified atom stereocenters. The molecule has 1 atom stereocenters. The van der Waals surface area contributed by atoms with E-state index in [1.54, 1.807) is 0 Å². The van der Waals surface area contributed by atoms with Crippen LogP contribution in [0.15, 0.2) is 6.07 Å². The van der Waals surface area contributed by atoms with Crippen LogP contribution in [0.25, 0.3) is 0 Å². The quantitative estimate of drug-likeness (QED) is 0.783. The third-order valence-electron chi connectivity index (χ3n) is 2.16. The average Bonchev–Trinajstić information content (AvgIpc) is 2.26. The number of hydrogen-bond acceptors (Lipinski definition) is 5. The van der Waals surface area contributed by atoms with Crippen LogP contribution >= 0.6 is 11.8 Å². The molecular formula is C12H22N4S. The monoisotopic (exact) mass is 254 g/mol. The Labute approximate surface area is 108 Å². The van der Waals surface area contributed by atoms with E-state index in [2.05, 4.69) is 41.4 Å². The Morgan fingerprint density at radius 1 is 1.29 bits per heavy atom. The summed E-state index contributed by atoms with van der Waals surface area (Å²) in [6.07, 6.45) is 0. The molecule has 0 aliphatic carbocycles. The smallest absolute Gasteiger partial charge is 0.132 e. The Balaban J connectivity index is 2.63. The van der Waals surface area contributed by atoms with Crippen molar-refractivity contribution in [2.75, 3.05) is 28.7 Å². The molecule has 0 aliphatic rings. The van der Waals surface area contributed by atoms with Crippen LogP contribution < -0.4 is 10.6 Å². The Bertz CT molecular complexity index is 343. The molecule has 1 aromatic heterocycles. The number of thioether (sulfide) groups is 1. The molecule has 1 rings (SSSR count). The number of nitrogens with one attached hydrogen (secondary N) is 2. The van der Waals surface area contributed by atoms with E-state index in [1.807, 2.05) is 24.8 Å². The number of aromatic nitrogens is 2. The first-order chi connectivity index (χ1) is 8.15. The molecule has 1 aromatic rings. The zero-order valence-electron chi connectivity index (χ0n) is 11.1. The van der Waals surface area contributed by atoms with Crippen LogP contribution in [0.4, 0.5) is 11.6 Å². The van der Waals surface area contributed by atoms with Crippen molar-refractivity contribution in [3.63, 3.8) is 0 Å². The maximum atomic E-state index is 4.39. The lowest BCUT2D eigenvalue weighted by Gasteiger charge is -2.15. The van der Waals surface area contributed by atoms with Crippen LogP contribution in [-0.2, 0) is 0 Å². The largest absolute Gasteiger partial charge is 0.370 e. The molecule has 4 nitrogen and oxygen atoms in total. The van der Waals surface area contributed by atoms with E-state index in [4.69, 9.17) is 0 Å². The topological polar surface area (TPSA) is 49.8 Å². The molecule has 0 fully saturated rings. The molecule has 0 spiro atoms. The lowest BCUT2D eigenvalue weighted by atomic mass is 10.4. The molecule has 17 heavy (non-hydrogen) atoms. The van der Waals surface area contributed by atoms with Gasteiger partial charge in [-0.05, 0) is 26.5 Å². The molecule has 0 amide bonds. The number of nitrogens with zero attached hydrogens (tertiary/aromatic N) is 2. The van der Waals surface area contributed by atoms with Crippen molar-refractivity contribution in [1.29, 1.82) is 0 Å². The van der Waals surface area contributed by atoms with Gasteiger partial charge in [0.05, 0.1) is 0 Å². The molecule has 0 saturated carbocycles. The first-order valence-corrected chi connectivity index (χ1v) is 7.25. The Morgan fingerprint density at radius 2 is 2.00 bits per heavy atom. The first kappa shape index (κ1) is 14.1. The molecular weight excluding hydrogens is 232 g/mol. The highest BCUT2D eigenvalue weighted by molar-refractivity contribution is 7.99. The van der Waals surface area contributed by atoms with E-state index in [9.17, 15) is 0 Å². The summed E-state index contributed by atoms with van der Waals surface area (Å²) >= 11 is 1.93. The Morgan fingerprint density at radius 3 is 2.65 bits per heavy atom. The maximum absolute atomic E-state index is 4.39. The van der Waals surface area contributed by atoms with Crippen LogP contribution in [0, 0.1) is 6.92 Å². The second kappa shape index (κ2) is 7.37. The highest BCUT2D eigenvalue weighted by Crippen LogP contribution is 2.13. The highest BCUT2D eigenvalue weighted by Gasteiger charge is 2.05. The summed E-state index contributed by atoms with van der Waals surface area (Å²) in [6.45, 7) is 9.20. The van der Waals surface area contributed by atoms with Gasteiger partial charge in [0.15, 0.2) is 0 Å². The fraction of sp³-hybridized carbons (Fsp3) is 0.667. The maximum Gasteiger partial charge on any atom is 0.132 e. The Kier molecular flexibility index (Phi) is 6.11. The third kappa shape index (κ3) is 5.26. The minimum Gasteiger partial charge on any atom is -0.370 e. The number of hydrogen-bond donors (Lipinski definition) is 2. The second-order valence-corrected chi connectivity index (χ2v) is 5.24. The van der Waals surface area contributed by atoms with E-state index in [0.29, 0.717) is 6.04 Å². The molecule has 1 heterocycles. The van der Waals surface area contributed by atoms with Gasteiger partial charge in [-0.2, -0.15) is 11.8 Å². The number of anilines is 2. The van der Waals surface area contributed by atoms with E-state index in [1.165, 1.54) is 0 Å². The molecule has 0 aliphatic heterocycles. The van der Waals surface area contributed by atoms with E-state index < -0.39 is 0 Å². The number of rotatable bonds is 7. The third-order valence-corrected chi connectivity index (χ3v) is 3.31. The standard InChI is InChI=1S/C12H22N4S/c1-5-13-11-7-12(16-10(4)15-11)14-9(3)8-17-6-2/h7,9H,5-6,8H2,1-4H3,(H2,13,14,15,16). The van der Waals surface area contributed by atoms with Gasteiger partial charge in [-0.1, -0.05) is 6.92 Å². The molecule has 0 radical (unpaired) electrons.